The molecule has 0 radical (unpaired) electrons. The summed E-state index contributed by atoms with van der Waals surface area (Å²) < 4.78 is 21.4. The van der Waals surface area contributed by atoms with Crippen molar-refractivity contribution in [1.29, 1.82) is 0 Å². The van der Waals surface area contributed by atoms with E-state index in [1.165, 1.54) is 8.76 Å². The Labute approximate surface area is 228 Å². The Hall–Kier alpha value is -1.95. The average Bonchev–Trinajstić information content (AvgIpc) is 3.32. The molecule has 0 amide bonds. The van der Waals surface area contributed by atoms with Crippen molar-refractivity contribution in [1.82, 2.24) is 15.0 Å². The van der Waals surface area contributed by atoms with Gasteiger partial charge in [0.05, 0.1) is 27.0 Å². The second-order valence-corrected chi connectivity index (χ2v) is 16.1. The predicted octanol–water partition coefficient (Wildman–Crippen LogP) is 4.59. The highest BCUT2D eigenvalue weighted by atomic mass is 127. The average molecular weight is 622 g/mol. The molecule has 36 heavy (non-hydrogen) atoms. The molecular weight excluding hydrogens is 585 g/mol. The number of fused-ring (bicyclic) bond motifs is 1. The van der Waals surface area contributed by atoms with E-state index in [-0.39, 0.29) is 30.3 Å². The fourth-order valence-corrected chi connectivity index (χ4v) is 9.48. The zero-order valence-electron chi connectivity index (χ0n) is 21.6. The Morgan fingerprint density at radius 1 is 1.17 bits per heavy atom. The van der Waals surface area contributed by atoms with Gasteiger partial charge in [-0.25, -0.2) is 0 Å². The lowest BCUT2D eigenvalue weighted by molar-refractivity contribution is -0.0234. The number of rotatable bonds is 10. The third-order valence-corrected chi connectivity index (χ3v) is 12.5. The number of aryl methyl sites for hydroxylation is 1. The summed E-state index contributed by atoms with van der Waals surface area (Å²) in [5, 5.41) is 19.1. The van der Waals surface area contributed by atoms with Crippen LogP contribution in [0.1, 0.15) is 30.7 Å². The van der Waals surface area contributed by atoms with Crippen molar-refractivity contribution in [2.24, 2.45) is 5.92 Å². The predicted molar refractivity (Wildman–Crippen MR) is 152 cm³/mol. The largest absolute Gasteiger partial charge is 0.497 e. The van der Waals surface area contributed by atoms with Gasteiger partial charge in [-0.1, -0.05) is 42.6 Å². The van der Waals surface area contributed by atoms with Gasteiger partial charge in [-0.2, -0.15) is 0 Å². The molecule has 1 unspecified atom stereocenters. The van der Waals surface area contributed by atoms with Gasteiger partial charge in [-0.15, -0.1) is 5.10 Å². The molecule has 4 atom stereocenters. The van der Waals surface area contributed by atoms with Gasteiger partial charge in [0.15, 0.2) is 0 Å². The lowest BCUT2D eigenvalue weighted by Gasteiger charge is -2.46. The number of hydrogen-bond donors (Lipinski definition) is 1. The van der Waals surface area contributed by atoms with Gasteiger partial charge in [0.1, 0.15) is 17.6 Å². The van der Waals surface area contributed by atoms with E-state index in [0.717, 1.165) is 35.7 Å². The van der Waals surface area contributed by atoms with E-state index in [4.69, 9.17) is 14.2 Å². The number of nitrogens with zero attached hydrogens (tertiary/aromatic N) is 3. The maximum atomic E-state index is 9.25. The van der Waals surface area contributed by atoms with Crippen LogP contribution in [-0.4, -0.2) is 55.1 Å². The van der Waals surface area contributed by atoms with Crippen molar-refractivity contribution in [3.05, 3.63) is 63.5 Å². The van der Waals surface area contributed by atoms with Crippen LogP contribution in [0.15, 0.2) is 48.7 Å². The first kappa shape index (κ1) is 27.1. The minimum absolute atomic E-state index is 0.00767. The topological polar surface area (TPSA) is 78.6 Å². The summed E-state index contributed by atoms with van der Waals surface area (Å²) in [5.74, 6) is 1.96. The van der Waals surface area contributed by atoms with Crippen LogP contribution >= 0.6 is 22.6 Å². The van der Waals surface area contributed by atoms with Crippen molar-refractivity contribution < 1.29 is 19.3 Å². The Balaban J connectivity index is 1.69. The number of methoxy groups -OCH3 is 2. The summed E-state index contributed by atoms with van der Waals surface area (Å²) in [6, 6.07) is 14.9. The summed E-state index contributed by atoms with van der Waals surface area (Å²) >= 11 is 2.35. The quantitative estimate of drug-likeness (QED) is 0.264. The smallest absolute Gasteiger partial charge is 0.125 e. The Bertz CT molecular complexity index is 1150. The number of hydrogen-bond acceptors (Lipinski definition) is 6. The summed E-state index contributed by atoms with van der Waals surface area (Å²) in [5.41, 5.74) is 2.23. The highest BCUT2D eigenvalue weighted by molar-refractivity contribution is 14.1. The number of aliphatic hydroxyl groups excluding tert-OH is 1. The summed E-state index contributed by atoms with van der Waals surface area (Å²) in [6.07, 6.45) is 3.32. The third kappa shape index (κ3) is 5.63. The Kier molecular flexibility index (Phi) is 8.74. The summed E-state index contributed by atoms with van der Waals surface area (Å²) in [6.45, 7) is 7.92. The van der Waals surface area contributed by atoms with Crippen LogP contribution in [0.5, 0.6) is 11.5 Å². The van der Waals surface area contributed by atoms with Crippen LogP contribution in [0.2, 0.25) is 18.6 Å². The molecule has 2 heterocycles. The molecule has 1 aliphatic heterocycles. The fourth-order valence-electron chi connectivity index (χ4n) is 5.47. The first-order valence-electron chi connectivity index (χ1n) is 12.4. The van der Waals surface area contributed by atoms with Crippen LogP contribution in [0.3, 0.4) is 0 Å². The van der Waals surface area contributed by atoms with Gasteiger partial charge in [0.25, 0.3) is 0 Å². The molecule has 1 aliphatic rings. The van der Waals surface area contributed by atoms with Gasteiger partial charge < -0.3 is 19.3 Å². The van der Waals surface area contributed by atoms with E-state index in [0.29, 0.717) is 6.42 Å². The van der Waals surface area contributed by atoms with Crippen molar-refractivity contribution in [2.45, 2.75) is 57.2 Å². The highest BCUT2D eigenvalue weighted by Crippen LogP contribution is 2.47. The minimum atomic E-state index is -2.05. The van der Waals surface area contributed by atoms with Crippen LogP contribution in [0.4, 0.5) is 0 Å². The van der Waals surface area contributed by atoms with E-state index in [1.807, 2.05) is 10.9 Å². The molecule has 3 aromatic rings. The lowest BCUT2D eigenvalue weighted by atomic mass is 9.86. The molecule has 1 N–H and O–H groups in total. The van der Waals surface area contributed by atoms with Gasteiger partial charge in [0, 0.05) is 47.9 Å². The molecule has 0 fully saturated rings. The molecular formula is C27H36IN3O4Si. The number of aliphatic hydroxyl groups is 1. The van der Waals surface area contributed by atoms with Crippen LogP contribution in [0.25, 0.3) is 0 Å². The van der Waals surface area contributed by atoms with Crippen LogP contribution in [-0.2, 0) is 17.7 Å². The fraction of sp³-hybridized carbons (Fsp3) is 0.481. The lowest BCUT2D eigenvalue weighted by Crippen LogP contribution is -2.54. The molecule has 9 heteroatoms. The maximum Gasteiger partial charge on any atom is 0.125 e. The Morgan fingerprint density at radius 3 is 2.58 bits per heavy atom. The zero-order valence-corrected chi connectivity index (χ0v) is 24.8. The zero-order chi connectivity index (χ0) is 25.9. The van der Waals surface area contributed by atoms with Gasteiger partial charge >= 0.3 is 0 Å². The second kappa shape index (κ2) is 11.6. The molecule has 0 aliphatic carbocycles. The van der Waals surface area contributed by atoms with Crippen molar-refractivity contribution >= 4 is 35.9 Å². The third-order valence-electron chi connectivity index (χ3n) is 7.57. The summed E-state index contributed by atoms with van der Waals surface area (Å²) in [7, 11) is 1.45. The standard InChI is InChI=1S/C27H36IN3O4Si/c1-18-26(34-3)23-16-19(28)6-11-24(23)35-27(18)25(12-14-31-17-20(13-15-32)29-30-31)36(4,5)22-9-7-21(33-2)8-10-22/h6-11,16-18,25-27,32H,12-15H2,1-5H3/t18-,25?,26-,27-/m1/s1. The molecule has 2 aromatic carbocycles. The molecule has 194 valence electrons. The molecule has 0 spiro atoms. The molecule has 0 saturated carbocycles. The number of benzene rings is 2. The normalized spacial score (nSPS) is 20.5. The van der Waals surface area contributed by atoms with Gasteiger partial charge in [-0.05, 0) is 64.9 Å². The van der Waals surface area contributed by atoms with Crippen molar-refractivity contribution in [3.8, 4) is 11.5 Å². The molecule has 1 aromatic heterocycles. The van der Waals surface area contributed by atoms with Gasteiger partial charge in [0.2, 0.25) is 0 Å². The van der Waals surface area contributed by atoms with Gasteiger partial charge in [-0.3, -0.25) is 4.68 Å². The Morgan fingerprint density at radius 2 is 1.92 bits per heavy atom. The SMILES string of the molecule is COc1ccc([Si](C)(C)C(CCn2cc(CCO)nn2)[C@@H]2Oc3ccc(I)cc3[C@H](OC)[C@H]2C)cc1. The number of halogens is 1. The van der Waals surface area contributed by atoms with E-state index >= 15 is 0 Å². The monoisotopic (exact) mass is 621 g/mol. The summed E-state index contributed by atoms with van der Waals surface area (Å²) in [4.78, 5) is 0. The van der Waals surface area contributed by atoms with E-state index < -0.39 is 8.07 Å². The van der Waals surface area contributed by atoms with E-state index in [9.17, 15) is 5.11 Å². The highest BCUT2D eigenvalue weighted by Gasteiger charge is 2.47. The van der Waals surface area contributed by atoms with E-state index in [2.05, 4.69) is 95.4 Å². The first-order valence-corrected chi connectivity index (χ1v) is 16.6. The molecule has 0 saturated heterocycles. The van der Waals surface area contributed by atoms with Crippen LogP contribution in [0, 0.1) is 9.49 Å². The minimum Gasteiger partial charge on any atom is -0.497 e. The molecule has 4 rings (SSSR count). The number of aromatic nitrogens is 3. The second-order valence-electron chi connectivity index (χ2n) is 10.1. The first-order chi connectivity index (χ1) is 17.3. The van der Waals surface area contributed by atoms with Crippen molar-refractivity contribution in [3.63, 3.8) is 0 Å². The maximum absolute atomic E-state index is 9.25. The van der Waals surface area contributed by atoms with Crippen LogP contribution < -0.4 is 14.7 Å². The molecule has 0 bridgehead atoms. The van der Waals surface area contributed by atoms with Crippen molar-refractivity contribution in [2.75, 3.05) is 20.8 Å². The number of ether oxygens (including phenoxy) is 3. The van der Waals surface area contributed by atoms with E-state index in [1.54, 1.807) is 14.2 Å². The molecule has 7 nitrogen and oxygen atoms in total.